The van der Waals surface area contributed by atoms with Gasteiger partial charge in [0.15, 0.2) is 5.17 Å². The first kappa shape index (κ1) is 22.0. The lowest BCUT2D eigenvalue weighted by Crippen LogP contribution is -2.44. The first-order chi connectivity index (χ1) is 15.5. The van der Waals surface area contributed by atoms with E-state index in [-0.39, 0.29) is 24.1 Å². The lowest BCUT2D eigenvalue weighted by atomic mass is 10.2. The summed E-state index contributed by atoms with van der Waals surface area (Å²) >= 11 is 2.76. The molecule has 1 aliphatic rings. The summed E-state index contributed by atoms with van der Waals surface area (Å²) in [6.07, 6.45) is 0.0411. The number of thioether (sulfide) groups is 1. The number of halogens is 1. The molecular weight excluding hydrogens is 449 g/mol. The van der Waals surface area contributed by atoms with Gasteiger partial charge in [-0.1, -0.05) is 30.0 Å². The van der Waals surface area contributed by atoms with Crippen molar-refractivity contribution in [3.8, 4) is 5.75 Å². The number of ether oxygens (including phenoxy) is 1. The Labute approximate surface area is 193 Å². The maximum Gasteiger partial charge on any atom is 0.238 e. The number of carbonyl (C=O) groups excluding carboxylic acids is 2. The number of anilines is 1. The first-order valence-electron chi connectivity index (χ1n) is 9.81. The molecule has 0 spiro atoms. The van der Waals surface area contributed by atoms with Crippen LogP contribution in [0.5, 0.6) is 5.75 Å². The second-order valence-corrected chi connectivity index (χ2v) is 9.13. The highest BCUT2D eigenvalue weighted by Crippen LogP contribution is 2.32. The second kappa shape index (κ2) is 9.97. The molecule has 1 saturated heterocycles. The van der Waals surface area contributed by atoms with E-state index in [0.717, 1.165) is 4.88 Å². The fourth-order valence-corrected chi connectivity index (χ4v) is 4.93. The highest BCUT2D eigenvalue weighted by Gasteiger charge is 2.36. The van der Waals surface area contributed by atoms with Crippen molar-refractivity contribution in [1.82, 2.24) is 4.90 Å². The molecule has 0 unspecified atom stereocenters. The molecule has 2 aromatic carbocycles. The van der Waals surface area contributed by atoms with E-state index in [1.54, 1.807) is 34.4 Å². The molecule has 4 rings (SSSR count). The number of carbonyl (C=O) groups is 2. The molecule has 0 saturated carbocycles. The molecule has 1 atom stereocenters. The number of nitrogens with one attached hydrogen (secondary N) is 1. The van der Waals surface area contributed by atoms with Crippen LogP contribution in [0.2, 0.25) is 0 Å². The summed E-state index contributed by atoms with van der Waals surface area (Å²) < 4.78 is 18.6. The van der Waals surface area contributed by atoms with Crippen LogP contribution in [-0.4, -0.2) is 34.2 Å². The van der Waals surface area contributed by atoms with E-state index in [1.165, 1.54) is 43.1 Å². The average molecular weight is 470 g/mol. The van der Waals surface area contributed by atoms with Gasteiger partial charge in [-0.05, 0) is 47.8 Å². The Balaban J connectivity index is 1.59. The van der Waals surface area contributed by atoms with E-state index in [1.807, 2.05) is 23.6 Å². The van der Waals surface area contributed by atoms with Crippen LogP contribution in [0.1, 0.15) is 11.3 Å². The first-order valence-corrected chi connectivity index (χ1v) is 11.6. The van der Waals surface area contributed by atoms with Crippen LogP contribution in [0.25, 0.3) is 0 Å². The Kier molecular flexibility index (Phi) is 6.87. The second-order valence-electron chi connectivity index (χ2n) is 6.93. The van der Waals surface area contributed by atoms with E-state index in [9.17, 15) is 14.0 Å². The van der Waals surface area contributed by atoms with Gasteiger partial charge in [0.1, 0.15) is 16.8 Å². The topological polar surface area (TPSA) is 71.0 Å². The number of hydrogen-bond donors (Lipinski definition) is 1. The Morgan fingerprint density at radius 1 is 1.19 bits per heavy atom. The molecule has 9 heteroatoms. The van der Waals surface area contributed by atoms with E-state index in [0.29, 0.717) is 28.8 Å². The zero-order valence-corrected chi connectivity index (χ0v) is 18.8. The van der Waals surface area contributed by atoms with Crippen LogP contribution in [0.3, 0.4) is 0 Å². The molecule has 164 valence electrons. The number of amides is 2. The molecule has 32 heavy (non-hydrogen) atoms. The fourth-order valence-electron chi connectivity index (χ4n) is 3.14. The molecule has 1 N–H and O–H groups in total. The van der Waals surface area contributed by atoms with Gasteiger partial charge in [0, 0.05) is 11.3 Å². The minimum Gasteiger partial charge on any atom is -0.495 e. The van der Waals surface area contributed by atoms with Crippen molar-refractivity contribution in [2.24, 2.45) is 4.99 Å². The maximum absolute atomic E-state index is 13.3. The molecule has 0 radical (unpaired) electrons. The van der Waals surface area contributed by atoms with Crippen LogP contribution < -0.4 is 10.1 Å². The van der Waals surface area contributed by atoms with Crippen molar-refractivity contribution < 1.29 is 18.7 Å². The predicted molar refractivity (Wildman–Crippen MR) is 126 cm³/mol. The predicted octanol–water partition coefficient (Wildman–Crippen LogP) is 5.06. The summed E-state index contributed by atoms with van der Waals surface area (Å²) in [7, 11) is 1.53. The molecule has 2 amide bonds. The van der Waals surface area contributed by atoms with Crippen molar-refractivity contribution in [2.75, 3.05) is 12.4 Å². The number of methoxy groups -OCH3 is 1. The number of aliphatic imine (C=N–C) groups is 1. The summed E-state index contributed by atoms with van der Waals surface area (Å²) in [6.45, 7) is 0.365. The third-order valence-corrected chi connectivity index (χ3v) is 6.79. The summed E-state index contributed by atoms with van der Waals surface area (Å²) in [5.74, 6) is -0.341. The summed E-state index contributed by atoms with van der Waals surface area (Å²) in [6, 6.07) is 16.6. The third kappa shape index (κ3) is 5.17. The van der Waals surface area contributed by atoms with Crippen LogP contribution in [0.4, 0.5) is 15.8 Å². The largest absolute Gasteiger partial charge is 0.495 e. The average Bonchev–Trinajstić information content (AvgIpc) is 3.31. The molecule has 1 aliphatic heterocycles. The Morgan fingerprint density at radius 2 is 1.97 bits per heavy atom. The minimum absolute atomic E-state index is 0.0411. The number of benzene rings is 2. The van der Waals surface area contributed by atoms with Crippen LogP contribution in [-0.2, 0) is 16.1 Å². The highest BCUT2D eigenvalue weighted by atomic mass is 32.2. The molecule has 2 heterocycles. The number of hydrogen-bond acceptors (Lipinski definition) is 6. The van der Waals surface area contributed by atoms with Crippen molar-refractivity contribution in [2.45, 2.75) is 18.2 Å². The summed E-state index contributed by atoms with van der Waals surface area (Å²) in [5.41, 5.74) is 1.04. The zero-order valence-electron chi connectivity index (χ0n) is 17.2. The molecule has 3 aromatic rings. The van der Waals surface area contributed by atoms with E-state index >= 15 is 0 Å². The number of para-hydroxylation sites is 2. The quantitative estimate of drug-likeness (QED) is 0.548. The van der Waals surface area contributed by atoms with Crippen LogP contribution >= 0.6 is 23.1 Å². The van der Waals surface area contributed by atoms with Crippen molar-refractivity contribution >= 4 is 51.5 Å². The van der Waals surface area contributed by atoms with Crippen molar-refractivity contribution in [1.29, 1.82) is 0 Å². The minimum atomic E-state index is -0.661. The monoisotopic (exact) mass is 469 g/mol. The molecule has 6 nitrogen and oxygen atoms in total. The van der Waals surface area contributed by atoms with Gasteiger partial charge in [0.2, 0.25) is 11.8 Å². The molecule has 0 aliphatic carbocycles. The number of rotatable bonds is 6. The molecule has 1 aromatic heterocycles. The van der Waals surface area contributed by atoms with Gasteiger partial charge in [-0.3, -0.25) is 14.5 Å². The SMILES string of the molecule is COc1ccccc1NC(=O)[C@@H]1CC(=O)N(Cc2cccs2)C(=Nc2ccc(F)cc2)S1. The zero-order chi connectivity index (χ0) is 22.5. The Hall–Kier alpha value is -3.17. The fraction of sp³-hybridized carbons (Fsp3) is 0.174. The normalized spacial score (nSPS) is 17.4. The number of nitrogens with zero attached hydrogens (tertiary/aromatic N) is 2. The Bertz CT molecular complexity index is 1130. The van der Waals surface area contributed by atoms with E-state index in [4.69, 9.17) is 4.74 Å². The van der Waals surface area contributed by atoms with Gasteiger partial charge < -0.3 is 10.1 Å². The summed E-state index contributed by atoms with van der Waals surface area (Å²) in [4.78, 5) is 33.2. The molecular formula is C23H20FN3O3S2. The number of amidine groups is 1. The number of thiophene rings is 1. The van der Waals surface area contributed by atoms with Gasteiger partial charge >= 0.3 is 0 Å². The van der Waals surface area contributed by atoms with Gasteiger partial charge in [0.25, 0.3) is 0 Å². The maximum atomic E-state index is 13.3. The van der Waals surface area contributed by atoms with Crippen molar-refractivity contribution in [3.05, 3.63) is 76.7 Å². The Morgan fingerprint density at radius 3 is 2.69 bits per heavy atom. The van der Waals surface area contributed by atoms with E-state index in [2.05, 4.69) is 10.3 Å². The standard InChI is InChI=1S/C23H20FN3O3S2/c1-30-19-7-3-2-6-18(19)26-22(29)20-13-21(28)27(14-17-5-4-12-31-17)23(32-20)25-16-10-8-15(24)9-11-16/h2-12,20H,13-14H2,1H3,(H,26,29)/t20-/m0/s1. The highest BCUT2D eigenvalue weighted by molar-refractivity contribution is 8.15. The van der Waals surface area contributed by atoms with Crippen LogP contribution in [0.15, 0.2) is 71.0 Å². The lowest BCUT2D eigenvalue weighted by Gasteiger charge is -2.31. The van der Waals surface area contributed by atoms with Crippen LogP contribution in [0, 0.1) is 5.82 Å². The van der Waals surface area contributed by atoms with Gasteiger partial charge in [0.05, 0.1) is 25.0 Å². The van der Waals surface area contributed by atoms with Crippen molar-refractivity contribution in [3.63, 3.8) is 0 Å². The van der Waals surface area contributed by atoms with Gasteiger partial charge in [-0.25, -0.2) is 9.38 Å². The third-order valence-electron chi connectivity index (χ3n) is 4.74. The summed E-state index contributed by atoms with van der Waals surface area (Å²) in [5, 5.41) is 4.53. The van der Waals surface area contributed by atoms with E-state index < -0.39 is 5.25 Å². The lowest BCUT2D eigenvalue weighted by molar-refractivity contribution is -0.129. The molecule has 1 fully saturated rings. The van der Waals surface area contributed by atoms with Gasteiger partial charge in [-0.15, -0.1) is 11.3 Å². The smallest absolute Gasteiger partial charge is 0.238 e. The molecule has 0 bridgehead atoms. The van der Waals surface area contributed by atoms with Gasteiger partial charge in [-0.2, -0.15) is 0 Å².